The first-order valence-corrected chi connectivity index (χ1v) is 2.51. The van der Waals surface area contributed by atoms with E-state index in [2.05, 4.69) is 6.58 Å². The van der Waals surface area contributed by atoms with E-state index in [9.17, 15) is 4.39 Å². The fraction of sp³-hybridized carbons (Fsp3) is 0.143. The third kappa shape index (κ3) is 0.861. The third-order valence-electron chi connectivity index (χ3n) is 1.08. The molecule has 1 aliphatic carbocycles. The highest BCUT2D eigenvalue weighted by Gasteiger charge is 1.99. The van der Waals surface area contributed by atoms with Crippen molar-refractivity contribution in [1.29, 1.82) is 0 Å². The van der Waals surface area contributed by atoms with Crippen LogP contribution in [0.15, 0.2) is 36.2 Å². The zero-order valence-electron chi connectivity index (χ0n) is 4.52. The highest BCUT2D eigenvalue weighted by atomic mass is 19.1. The van der Waals surface area contributed by atoms with Crippen LogP contribution in [-0.2, 0) is 0 Å². The fourth-order valence-corrected chi connectivity index (χ4v) is 0.578. The van der Waals surface area contributed by atoms with E-state index in [1.165, 1.54) is 6.08 Å². The number of hydrogen-bond acceptors (Lipinski definition) is 0. The monoisotopic (exact) mass is 110 g/mol. The van der Waals surface area contributed by atoms with E-state index in [1.54, 1.807) is 6.08 Å². The van der Waals surface area contributed by atoms with E-state index in [-0.39, 0.29) is 5.83 Å². The SMILES string of the molecule is C=C1CC=CC=C1F. The summed E-state index contributed by atoms with van der Waals surface area (Å²) in [5.74, 6) is -0.187. The third-order valence-corrected chi connectivity index (χ3v) is 1.08. The zero-order chi connectivity index (χ0) is 5.98. The number of rotatable bonds is 0. The molecule has 0 bridgehead atoms. The van der Waals surface area contributed by atoms with Crippen molar-refractivity contribution < 1.29 is 4.39 Å². The van der Waals surface area contributed by atoms with Crippen molar-refractivity contribution in [3.8, 4) is 0 Å². The summed E-state index contributed by atoms with van der Waals surface area (Å²) in [5.41, 5.74) is 0.576. The van der Waals surface area contributed by atoms with Crippen molar-refractivity contribution >= 4 is 0 Å². The zero-order valence-corrected chi connectivity index (χ0v) is 4.52. The first kappa shape index (κ1) is 5.29. The van der Waals surface area contributed by atoms with Crippen LogP contribution in [0.1, 0.15) is 6.42 Å². The molecule has 0 atom stereocenters. The molecule has 8 heavy (non-hydrogen) atoms. The van der Waals surface area contributed by atoms with Crippen molar-refractivity contribution in [2.45, 2.75) is 6.42 Å². The molecule has 0 spiro atoms. The molecule has 0 aromatic rings. The van der Waals surface area contributed by atoms with Crippen molar-refractivity contribution in [3.63, 3.8) is 0 Å². The van der Waals surface area contributed by atoms with Gasteiger partial charge in [0.25, 0.3) is 0 Å². The first-order valence-electron chi connectivity index (χ1n) is 2.51. The summed E-state index contributed by atoms with van der Waals surface area (Å²) in [7, 11) is 0. The Morgan fingerprint density at radius 3 is 2.75 bits per heavy atom. The normalized spacial score (nSPS) is 18.6. The maximum Gasteiger partial charge on any atom is 0.126 e. The lowest BCUT2D eigenvalue weighted by atomic mass is 10.1. The van der Waals surface area contributed by atoms with Gasteiger partial charge in [0.2, 0.25) is 0 Å². The average molecular weight is 110 g/mol. The van der Waals surface area contributed by atoms with Crippen LogP contribution in [-0.4, -0.2) is 0 Å². The van der Waals surface area contributed by atoms with Crippen molar-refractivity contribution in [3.05, 3.63) is 36.2 Å². The summed E-state index contributed by atoms with van der Waals surface area (Å²) < 4.78 is 12.3. The minimum absolute atomic E-state index is 0.187. The van der Waals surface area contributed by atoms with Gasteiger partial charge in [-0.1, -0.05) is 18.7 Å². The van der Waals surface area contributed by atoms with Gasteiger partial charge in [-0.15, -0.1) is 0 Å². The van der Waals surface area contributed by atoms with Gasteiger partial charge in [0.15, 0.2) is 0 Å². The van der Waals surface area contributed by atoms with Crippen LogP contribution in [0.3, 0.4) is 0 Å². The maximum atomic E-state index is 12.3. The second kappa shape index (κ2) is 1.95. The molecule has 0 saturated carbocycles. The van der Waals surface area contributed by atoms with Gasteiger partial charge in [-0.25, -0.2) is 4.39 Å². The molecule has 0 N–H and O–H groups in total. The lowest BCUT2D eigenvalue weighted by molar-refractivity contribution is 0.645. The van der Waals surface area contributed by atoms with E-state index in [0.717, 1.165) is 0 Å². The van der Waals surface area contributed by atoms with Gasteiger partial charge in [0.05, 0.1) is 0 Å². The van der Waals surface area contributed by atoms with Gasteiger partial charge in [0.1, 0.15) is 5.83 Å². The highest BCUT2D eigenvalue weighted by Crippen LogP contribution is 2.17. The van der Waals surface area contributed by atoms with E-state index in [4.69, 9.17) is 0 Å². The lowest BCUT2D eigenvalue weighted by Gasteiger charge is -2.00. The molecule has 0 nitrogen and oxygen atoms in total. The lowest BCUT2D eigenvalue weighted by Crippen LogP contribution is -1.82. The maximum absolute atomic E-state index is 12.3. The molecule has 42 valence electrons. The molecule has 1 heteroatoms. The van der Waals surface area contributed by atoms with Gasteiger partial charge in [-0.3, -0.25) is 0 Å². The van der Waals surface area contributed by atoms with Crippen molar-refractivity contribution in [2.24, 2.45) is 0 Å². The Bertz CT molecular complexity index is 163. The molecule has 0 fully saturated rings. The summed E-state index contributed by atoms with van der Waals surface area (Å²) in [5, 5.41) is 0. The van der Waals surface area contributed by atoms with Crippen LogP contribution < -0.4 is 0 Å². The van der Waals surface area contributed by atoms with Gasteiger partial charge in [-0.2, -0.15) is 0 Å². The summed E-state index contributed by atoms with van der Waals surface area (Å²) in [6.07, 6.45) is 5.66. The fourth-order valence-electron chi connectivity index (χ4n) is 0.578. The smallest absolute Gasteiger partial charge is 0.126 e. The summed E-state index contributed by atoms with van der Waals surface area (Å²) in [6.45, 7) is 3.50. The van der Waals surface area contributed by atoms with Gasteiger partial charge >= 0.3 is 0 Å². The average Bonchev–Trinajstić information content (AvgIpc) is 1.77. The van der Waals surface area contributed by atoms with Crippen LogP contribution >= 0.6 is 0 Å². The Hall–Kier alpha value is -0.850. The van der Waals surface area contributed by atoms with Gasteiger partial charge in [0, 0.05) is 0 Å². The number of halogens is 1. The highest BCUT2D eigenvalue weighted by molar-refractivity contribution is 5.32. The predicted molar refractivity (Wildman–Crippen MR) is 32.1 cm³/mol. The van der Waals surface area contributed by atoms with Crippen LogP contribution in [0.25, 0.3) is 0 Å². The second-order valence-electron chi connectivity index (χ2n) is 1.75. The topological polar surface area (TPSA) is 0 Å². The van der Waals surface area contributed by atoms with Crippen molar-refractivity contribution in [2.75, 3.05) is 0 Å². The van der Waals surface area contributed by atoms with E-state index in [1.807, 2.05) is 6.08 Å². The van der Waals surface area contributed by atoms with Crippen LogP contribution in [0, 0.1) is 0 Å². The Kier molecular flexibility index (Phi) is 1.29. The molecule has 0 heterocycles. The molecule has 0 aliphatic heterocycles. The van der Waals surface area contributed by atoms with E-state index < -0.39 is 0 Å². The molecule has 0 radical (unpaired) electrons. The van der Waals surface area contributed by atoms with Crippen LogP contribution in [0.5, 0.6) is 0 Å². The largest absolute Gasteiger partial charge is 0.207 e. The standard InChI is InChI=1S/C7H7F/c1-6-4-2-3-5-7(6)8/h2-3,5H,1,4H2. The second-order valence-corrected chi connectivity index (χ2v) is 1.75. The molecule has 0 aromatic heterocycles. The Labute approximate surface area is 48.0 Å². The summed E-state index contributed by atoms with van der Waals surface area (Å²) in [4.78, 5) is 0. The molecule has 0 amide bonds. The first-order chi connectivity index (χ1) is 3.80. The summed E-state index contributed by atoms with van der Waals surface area (Å²) >= 11 is 0. The van der Waals surface area contributed by atoms with E-state index in [0.29, 0.717) is 12.0 Å². The Morgan fingerprint density at radius 2 is 2.38 bits per heavy atom. The number of allylic oxidation sites excluding steroid dienone is 5. The van der Waals surface area contributed by atoms with Crippen LogP contribution in [0.2, 0.25) is 0 Å². The molecule has 0 unspecified atom stereocenters. The minimum Gasteiger partial charge on any atom is -0.207 e. The van der Waals surface area contributed by atoms with Gasteiger partial charge < -0.3 is 0 Å². The summed E-state index contributed by atoms with van der Waals surface area (Å²) in [6, 6.07) is 0. The molecule has 0 saturated heterocycles. The van der Waals surface area contributed by atoms with E-state index >= 15 is 0 Å². The number of hydrogen-bond donors (Lipinski definition) is 0. The van der Waals surface area contributed by atoms with Crippen molar-refractivity contribution in [1.82, 2.24) is 0 Å². The van der Waals surface area contributed by atoms with Gasteiger partial charge in [-0.05, 0) is 18.1 Å². The molecule has 1 aliphatic rings. The predicted octanol–water partition coefficient (Wildman–Crippen LogP) is 2.36. The minimum atomic E-state index is -0.187. The quantitative estimate of drug-likeness (QED) is 0.449. The molecular weight excluding hydrogens is 103 g/mol. The molecule has 0 aromatic carbocycles. The molecular formula is C7H7F. The van der Waals surface area contributed by atoms with Crippen LogP contribution in [0.4, 0.5) is 4.39 Å². The molecule has 1 rings (SSSR count). The Balaban J connectivity index is 2.80. The Morgan fingerprint density at radius 1 is 1.62 bits per heavy atom.